The summed E-state index contributed by atoms with van der Waals surface area (Å²) in [6.07, 6.45) is 8.41. The fraction of sp³-hybridized carbons (Fsp3) is 0.800. The summed E-state index contributed by atoms with van der Waals surface area (Å²) in [7, 11) is 0. The molecule has 0 aliphatic heterocycles. The van der Waals surface area contributed by atoms with E-state index < -0.39 is 0 Å². The van der Waals surface area contributed by atoms with Gasteiger partial charge in [0.05, 0.1) is 17.3 Å². The molecule has 3 heteroatoms. The van der Waals surface area contributed by atoms with Crippen molar-refractivity contribution in [1.82, 2.24) is 0 Å². The molecule has 2 nitrogen and oxygen atoms in total. The number of rotatable bonds is 1. The van der Waals surface area contributed by atoms with Gasteiger partial charge in [0.25, 0.3) is 0 Å². The van der Waals surface area contributed by atoms with Gasteiger partial charge in [0.2, 0.25) is 0 Å². The Balaban J connectivity index is 1.76. The van der Waals surface area contributed by atoms with E-state index in [9.17, 15) is 5.11 Å². The molecule has 0 bridgehead atoms. The zero-order valence-corrected chi connectivity index (χ0v) is 11.6. The first kappa shape index (κ1) is 13.7. The smallest absolute Gasteiger partial charge is 0.0603 e. The van der Waals surface area contributed by atoms with Gasteiger partial charge in [-0.15, -0.1) is 0 Å². The molecule has 0 atom stereocenters. The van der Waals surface area contributed by atoms with Crippen LogP contribution < -0.4 is 0 Å². The first-order chi connectivity index (χ1) is 8.78. The van der Waals surface area contributed by atoms with Gasteiger partial charge < -0.3 is 5.11 Å². The zero-order valence-electron chi connectivity index (χ0n) is 10.8. The van der Waals surface area contributed by atoms with Crippen LogP contribution in [0.25, 0.3) is 0 Å². The second-order valence-corrected chi connectivity index (χ2v) is 5.70. The molecule has 0 radical (unpaired) electrons. The Morgan fingerprint density at radius 1 is 0.833 bits per heavy atom. The monoisotopic (exact) mass is 263 g/mol. The fourth-order valence-electron chi connectivity index (χ4n) is 2.88. The van der Waals surface area contributed by atoms with Gasteiger partial charge >= 0.3 is 0 Å². The summed E-state index contributed by atoms with van der Waals surface area (Å²) in [5, 5.41) is 11.9. The van der Waals surface area contributed by atoms with Crippen LogP contribution in [-0.4, -0.2) is 22.4 Å². The Bertz CT molecular complexity index is 362. The normalized spacial score (nSPS) is 36.1. The molecule has 0 saturated heterocycles. The quantitative estimate of drug-likeness (QED) is 0.447. The van der Waals surface area contributed by atoms with Gasteiger partial charge in [-0.3, -0.25) is 0 Å². The molecule has 0 heterocycles. The van der Waals surface area contributed by atoms with E-state index in [0.29, 0.717) is 17.9 Å². The molecule has 2 fully saturated rings. The summed E-state index contributed by atoms with van der Waals surface area (Å²) >= 11 is 4.64. The van der Waals surface area contributed by atoms with Crippen molar-refractivity contribution in [3.05, 3.63) is 0 Å². The van der Waals surface area contributed by atoms with E-state index in [1.807, 2.05) is 0 Å². The molecule has 0 unspecified atom stereocenters. The van der Waals surface area contributed by atoms with Gasteiger partial charge in [-0.1, -0.05) is 11.8 Å². The molecule has 2 saturated carbocycles. The molecule has 18 heavy (non-hydrogen) atoms. The highest BCUT2D eigenvalue weighted by Gasteiger charge is 2.20. The molecule has 0 aromatic rings. The summed E-state index contributed by atoms with van der Waals surface area (Å²) in [5.41, 5.74) is 0. The first-order valence-electron chi connectivity index (χ1n) is 7.04. The van der Waals surface area contributed by atoms with Crippen LogP contribution in [0.15, 0.2) is 4.99 Å². The molecule has 2 rings (SSSR count). The second-order valence-electron chi connectivity index (χ2n) is 5.52. The Morgan fingerprint density at radius 3 is 1.83 bits per heavy atom. The van der Waals surface area contributed by atoms with E-state index in [4.69, 9.17) is 0 Å². The Kier molecular flexibility index (Phi) is 5.38. The van der Waals surface area contributed by atoms with E-state index in [2.05, 4.69) is 34.2 Å². The topological polar surface area (TPSA) is 32.6 Å². The van der Waals surface area contributed by atoms with E-state index in [-0.39, 0.29) is 6.10 Å². The lowest BCUT2D eigenvalue weighted by atomic mass is 9.84. The minimum Gasteiger partial charge on any atom is -0.393 e. The minimum atomic E-state index is -0.0778. The van der Waals surface area contributed by atoms with Gasteiger partial charge in [0, 0.05) is 11.8 Å². The molecule has 2 aliphatic carbocycles. The van der Waals surface area contributed by atoms with E-state index in [1.165, 1.54) is 0 Å². The van der Waals surface area contributed by atoms with Crippen LogP contribution in [0.3, 0.4) is 0 Å². The lowest BCUT2D eigenvalue weighted by molar-refractivity contribution is 0.119. The largest absolute Gasteiger partial charge is 0.393 e. The van der Waals surface area contributed by atoms with Crippen LogP contribution in [-0.2, 0) is 0 Å². The molecule has 0 aromatic carbocycles. The third-order valence-electron chi connectivity index (χ3n) is 4.12. The Morgan fingerprint density at radius 2 is 1.33 bits per heavy atom. The van der Waals surface area contributed by atoms with Crippen LogP contribution >= 0.6 is 12.2 Å². The van der Waals surface area contributed by atoms with Crippen molar-refractivity contribution in [3.63, 3.8) is 0 Å². The van der Waals surface area contributed by atoms with Crippen molar-refractivity contribution >= 4 is 17.4 Å². The van der Waals surface area contributed by atoms with Crippen molar-refractivity contribution in [2.45, 2.75) is 63.5 Å². The summed E-state index contributed by atoms with van der Waals surface area (Å²) in [6, 6.07) is 0.394. The predicted molar refractivity (Wildman–Crippen MR) is 76.5 cm³/mol. The number of hydrogen-bond acceptors (Lipinski definition) is 3. The molecule has 98 valence electrons. The molecule has 0 amide bonds. The molecular formula is C15H21NOS. The third kappa shape index (κ3) is 4.21. The molecular weight excluding hydrogens is 242 g/mol. The maximum atomic E-state index is 9.45. The number of nitrogens with zero attached hydrogens (tertiary/aromatic N) is 1. The summed E-state index contributed by atoms with van der Waals surface area (Å²) < 4.78 is 0. The van der Waals surface area contributed by atoms with Gasteiger partial charge in [-0.25, -0.2) is 4.99 Å². The maximum Gasteiger partial charge on any atom is 0.0603 e. The lowest BCUT2D eigenvalue weighted by Crippen LogP contribution is -2.18. The van der Waals surface area contributed by atoms with Crippen LogP contribution in [0.2, 0.25) is 0 Å². The SMILES string of the molecule is OC1CCC(C#CC2CCC(N=C=S)CC2)CC1. The van der Waals surface area contributed by atoms with E-state index in [1.54, 1.807) is 0 Å². The van der Waals surface area contributed by atoms with Crippen LogP contribution in [0, 0.1) is 23.7 Å². The standard InChI is InChI=1S/C15H21NOS/c17-15-9-5-13(6-10-15)2-1-12-3-7-14(8-4-12)16-11-18/h12-15,17H,3-10H2. The highest BCUT2D eigenvalue weighted by Crippen LogP contribution is 2.27. The number of hydrogen-bond donors (Lipinski definition) is 1. The third-order valence-corrected chi connectivity index (χ3v) is 4.23. The number of aliphatic hydroxyl groups excluding tert-OH is 1. The Labute approximate surface area is 115 Å². The van der Waals surface area contributed by atoms with E-state index >= 15 is 0 Å². The molecule has 2 aliphatic rings. The van der Waals surface area contributed by atoms with Gasteiger partial charge in [0.1, 0.15) is 0 Å². The highest BCUT2D eigenvalue weighted by molar-refractivity contribution is 7.78. The number of thiocarbonyl (C=S) groups is 1. The summed E-state index contributed by atoms with van der Waals surface area (Å²) in [4.78, 5) is 4.17. The van der Waals surface area contributed by atoms with Gasteiger partial charge in [-0.05, 0) is 63.6 Å². The molecule has 1 N–H and O–H groups in total. The maximum absolute atomic E-state index is 9.45. The highest BCUT2D eigenvalue weighted by atomic mass is 32.1. The fourth-order valence-corrected chi connectivity index (χ4v) is 3.03. The Hall–Kier alpha value is -0.680. The number of aliphatic imine (C=N–C) groups is 1. The van der Waals surface area contributed by atoms with Gasteiger partial charge in [-0.2, -0.15) is 0 Å². The zero-order chi connectivity index (χ0) is 12.8. The van der Waals surface area contributed by atoms with Crippen molar-refractivity contribution in [3.8, 4) is 11.8 Å². The van der Waals surface area contributed by atoms with Crippen molar-refractivity contribution in [2.24, 2.45) is 16.8 Å². The average Bonchev–Trinajstić information content (AvgIpc) is 2.40. The lowest BCUT2D eigenvalue weighted by Gasteiger charge is -2.23. The van der Waals surface area contributed by atoms with Crippen molar-refractivity contribution in [1.29, 1.82) is 0 Å². The predicted octanol–water partition coefficient (Wildman–Crippen LogP) is 3.20. The minimum absolute atomic E-state index is 0.0778. The van der Waals surface area contributed by atoms with Crippen molar-refractivity contribution in [2.75, 3.05) is 0 Å². The van der Waals surface area contributed by atoms with Crippen LogP contribution in [0.5, 0.6) is 0 Å². The van der Waals surface area contributed by atoms with Crippen LogP contribution in [0.1, 0.15) is 51.4 Å². The molecule has 0 spiro atoms. The second kappa shape index (κ2) is 7.04. The number of isothiocyanates is 1. The number of aliphatic hydroxyl groups is 1. The van der Waals surface area contributed by atoms with E-state index in [0.717, 1.165) is 51.4 Å². The van der Waals surface area contributed by atoms with Gasteiger partial charge in [0.15, 0.2) is 0 Å². The summed E-state index contributed by atoms with van der Waals surface area (Å²) in [5.74, 6) is 7.95. The van der Waals surface area contributed by atoms with Crippen LogP contribution in [0.4, 0.5) is 0 Å². The first-order valence-corrected chi connectivity index (χ1v) is 7.45. The average molecular weight is 263 g/mol. The van der Waals surface area contributed by atoms with Crippen molar-refractivity contribution < 1.29 is 5.11 Å². The summed E-state index contributed by atoms with van der Waals surface area (Å²) in [6.45, 7) is 0. The molecule has 0 aromatic heterocycles.